The molecule has 0 bridgehead atoms. The van der Waals surface area contributed by atoms with Crippen molar-refractivity contribution in [3.8, 4) is 0 Å². The molecule has 0 spiro atoms. The van der Waals surface area contributed by atoms with Crippen LogP contribution in [0.25, 0.3) is 0 Å². The monoisotopic (exact) mass is 472 g/mol. The van der Waals surface area contributed by atoms with Gasteiger partial charge in [0.1, 0.15) is 0 Å². The molecule has 0 aromatic rings. The third-order valence-corrected chi connectivity index (χ3v) is 7.28. The van der Waals surface area contributed by atoms with Gasteiger partial charge in [-0.05, 0) is 25.7 Å². The number of hydrogen-bond donors (Lipinski definition) is 1. The van der Waals surface area contributed by atoms with Gasteiger partial charge >= 0.3 is 51.4 Å². The van der Waals surface area contributed by atoms with Gasteiger partial charge in [-0.3, -0.25) is 0 Å². The van der Waals surface area contributed by atoms with E-state index in [-0.39, 0.29) is 57.5 Å². The molecule has 2 atom stereocenters. The Morgan fingerprint density at radius 2 is 0.900 bits per heavy atom. The van der Waals surface area contributed by atoms with Crippen molar-refractivity contribution in [1.82, 2.24) is 0 Å². The van der Waals surface area contributed by atoms with Gasteiger partial charge in [0.05, 0.1) is 16.2 Å². The summed E-state index contributed by atoms with van der Waals surface area (Å²) in [7, 11) is -4.19. The molecule has 6 heteroatoms. The van der Waals surface area contributed by atoms with E-state index in [0.717, 1.165) is 64.2 Å². The van der Waals surface area contributed by atoms with Crippen LogP contribution in [0.2, 0.25) is 0 Å². The second kappa shape index (κ2) is 23.7. The first-order valence-electron chi connectivity index (χ1n) is 12.5. The number of rotatable bonds is 22. The Morgan fingerprint density at radius 3 is 1.27 bits per heavy atom. The standard InChI is InChI=1S/C24H50O4S.K/c1-3-5-7-9-10-11-13-15-19-23(25)20-16-14-18-22-24(29(26,27)28)21-17-12-8-6-4-2;/h23-25H,3-22H2,1-2H3,(H,26,27,28);/q;+1/p-1. The Morgan fingerprint density at radius 1 is 0.600 bits per heavy atom. The summed E-state index contributed by atoms with van der Waals surface area (Å²) in [4.78, 5) is 0. The zero-order valence-electron chi connectivity index (χ0n) is 20.4. The third kappa shape index (κ3) is 22.7. The molecule has 30 heavy (non-hydrogen) atoms. The number of hydrogen-bond acceptors (Lipinski definition) is 4. The fourth-order valence-corrected chi connectivity index (χ4v) is 4.91. The summed E-state index contributed by atoms with van der Waals surface area (Å²) in [6.45, 7) is 4.39. The zero-order valence-corrected chi connectivity index (χ0v) is 24.3. The molecule has 0 aromatic heterocycles. The van der Waals surface area contributed by atoms with Gasteiger partial charge in [0.2, 0.25) is 0 Å². The molecule has 0 rings (SSSR count). The fourth-order valence-electron chi connectivity index (χ4n) is 4.00. The maximum absolute atomic E-state index is 11.5. The van der Waals surface area contributed by atoms with Crippen LogP contribution in [0.3, 0.4) is 0 Å². The Hall–Kier alpha value is 1.51. The van der Waals surface area contributed by atoms with Gasteiger partial charge in [0.15, 0.2) is 0 Å². The molecule has 0 radical (unpaired) electrons. The van der Waals surface area contributed by atoms with Gasteiger partial charge < -0.3 is 9.66 Å². The Kier molecular flexibility index (Phi) is 26.6. The molecule has 0 aromatic carbocycles. The minimum Gasteiger partial charge on any atom is -0.748 e. The largest absolute Gasteiger partial charge is 1.00 e. The van der Waals surface area contributed by atoms with E-state index in [1.165, 1.54) is 51.4 Å². The summed E-state index contributed by atoms with van der Waals surface area (Å²) in [5, 5.41) is 9.38. The average molecular weight is 473 g/mol. The van der Waals surface area contributed by atoms with Crippen LogP contribution < -0.4 is 51.4 Å². The van der Waals surface area contributed by atoms with E-state index in [9.17, 15) is 18.1 Å². The van der Waals surface area contributed by atoms with Crippen LogP contribution in [0, 0.1) is 0 Å². The minimum absolute atomic E-state index is 0. The molecular formula is C24H49KO4S. The van der Waals surface area contributed by atoms with Gasteiger partial charge in [-0.2, -0.15) is 0 Å². The second-order valence-electron chi connectivity index (χ2n) is 8.87. The quantitative estimate of drug-likeness (QED) is 0.146. The van der Waals surface area contributed by atoms with Crippen LogP contribution in [0.1, 0.15) is 142 Å². The van der Waals surface area contributed by atoms with Gasteiger partial charge in [-0.1, -0.05) is 117 Å². The molecule has 0 heterocycles. The molecule has 0 saturated carbocycles. The smallest absolute Gasteiger partial charge is 0.748 e. The molecule has 176 valence electrons. The van der Waals surface area contributed by atoms with E-state index in [1.54, 1.807) is 0 Å². The Balaban J connectivity index is 0. The van der Waals surface area contributed by atoms with Gasteiger partial charge in [-0.25, -0.2) is 8.42 Å². The molecule has 0 fully saturated rings. The van der Waals surface area contributed by atoms with E-state index >= 15 is 0 Å². The van der Waals surface area contributed by atoms with Crippen LogP contribution in [0.4, 0.5) is 0 Å². The topological polar surface area (TPSA) is 77.4 Å². The first kappa shape index (κ1) is 33.7. The number of aliphatic hydroxyl groups is 1. The summed E-state index contributed by atoms with van der Waals surface area (Å²) in [5.74, 6) is 0. The summed E-state index contributed by atoms with van der Waals surface area (Å²) >= 11 is 0. The Bertz CT molecular complexity index is 442. The minimum atomic E-state index is -4.19. The van der Waals surface area contributed by atoms with Crippen LogP contribution >= 0.6 is 0 Å². The van der Waals surface area contributed by atoms with Crippen molar-refractivity contribution in [1.29, 1.82) is 0 Å². The molecule has 0 amide bonds. The van der Waals surface area contributed by atoms with Crippen LogP contribution in [0.5, 0.6) is 0 Å². The van der Waals surface area contributed by atoms with E-state index in [1.807, 2.05) is 0 Å². The van der Waals surface area contributed by atoms with Crippen LogP contribution in [-0.4, -0.2) is 29.4 Å². The van der Waals surface area contributed by atoms with E-state index in [2.05, 4.69) is 13.8 Å². The van der Waals surface area contributed by atoms with Crippen molar-refractivity contribution < 1.29 is 69.5 Å². The molecule has 0 aliphatic rings. The van der Waals surface area contributed by atoms with Crippen molar-refractivity contribution in [2.45, 2.75) is 154 Å². The summed E-state index contributed by atoms with van der Waals surface area (Å²) in [6.07, 6.45) is 20.6. The van der Waals surface area contributed by atoms with Crippen LogP contribution in [-0.2, 0) is 10.1 Å². The normalized spacial score (nSPS) is 13.7. The number of aliphatic hydroxyl groups excluding tert-OH is 1. The zero-order chi connectivity index (χ0) is 21.8. The number of unbranched alkanes of at least 4 members (excludes halogenated alkanes) is 13. The maximum atomic E-state index is 11.5. The fraction of sp³-hybridized carbons (Fsp3) is 1.00. The first-order chi connectivity index (χ1) is 13.9. The first-order valence-corrected chi connectivity index (χ1v) is 14.0. The predicted molar refractivity (Wildman–Crippen MR) is 123 cm³/mol. The molecule has 0 aliphatic carbocycles. The van der Waals surface area contributed by atoms with Crippen molar-refractivity contribution in [3.63, 3.8) is 0 Å². The summed E-state index contributed by atoms with van der Waals surface area (Å²) < 4.78 is 34.4. The molecule has 4 nitrogen and oxygen atoms in total. The van der Waals surface area contributed by atoms with Gasteiger partial charge in [-0.15, -0.1) is 0 Å². The summed E-state index contributed by atoms with van der Waals surface area (Å²) in [6, 6.07) is 0. The van der Waals surface area contributed by atoms with Crippen molar-refractivity contribution in [2.24, 2.45) is 0 Å². The molecule has 1 N–H and O–H groups in total. The maximum Gasteiger partial charge on any atom is 1.00 e. The molecule has 2 unspecified atom stereocenters. The van der Waals surface area contributed by atoms with Gasteiger partial charge in [0, 0.05) is 5.25 Å². The predicted octanol–water partition coefficient (Wildman–Crippen LogP) is 4.11. The van der Waals surface area contributed by atoms with Crippen LogP contribution in [0.15, 0.2) is 0 Å². The second-order valence-corrected chi connectivity index (χ2v) is 10.5. The molecule has 0 saturated heterocycles. The van der Waals surface area contributed by atoms with Crippen molar-refractivity contribution in [2.75, 3.05) is 0 Å². The van der Waals surface area contributed by atoms with E-state index in [0.29, 0.717) is 12.8 Å². The third-order valence-electron chi connectivity index (χ3n) is 5.99. The SMILES string of the molecule is CCCCCCCCCCC(O)CCCCCC(CCCCCCC)S(=O)(=O)[O-].[K+]. The summed E-state index contributed by atoms with van der Waals surface area (Å²) in [5.41, 5.74) is 0. The van der Waals surface area contributed by atoms with E-state index in [4.69, 9.17) is 0 Å². The van der Waals surface area contributed by atoms with Gasteiger partial charge in [0.25, 0.3) is 0 Å². The average Bonchev–Trinajstić information content (AvgIpc) is 2.67. The molecular weight excluding hydrogens is 423 g/mol. The Labute approximate surface area is 230 Å². The van der Waals surface area contributed by atoms with Crippen molar-refractivity contribution in [3.05, 3.63) is 0 Å². The molecule has 0 aliphatic heterocycles. The van der Waals surface area contributed by atoms with Crippen molar-refractivity contribution >= 4 is 10.1 Å². The van der Waals surface area contributed by atoms with E-state index < -0.39 is 15.4 Å².